The molecule has 10 heteroatoms. The summed E-state index contributed by atoms with van der Waals surface area (Å²) in [6.07, 6.45) is 0.109. The fourth-order valence-electron chi connectivity index (χ4n) is 5.40. The molecule has 1 amide bonds. The van der Waals surface area contributed by atoms with Gasteiger partial charge in [0.2, 0.25) is 11.6 Å². The van der Waals surface area contributed by atoms with Gasteiger partial charge in [0.25, 0.3) is 5.91 Å². The lowest BCUT2D eigenvalue weighted by atomic mass is 9.82. The highest BCUT2D eigenvalue weighted by Gasteiger charge is 2.53. The molecule has 0 aromatic heterocycles. The summed E-state index contributed by atoms with van der Waals surface area (Å²) >= 11 is 3.52. The van der Waals surface area contributed by atoms with Crippen molar-refractivity contribution in [3.05, 3.63) is 118 Å². The lowest BCUT2D eigenvalue weighted by molar-refractivity contribution is -0.129. The van der Waals surface area contributed by atoms with Crippen molar-refractivity contribution in [3.63, 3.8) is 0 Å². The maximum atomic E-state index is 14.6. The summed E-state index contributed by atoms with van der Waals surface area (Å²) in [5.74, 6) is 2.18. The molecule has 2 atom stereocenters. The molecule has 0 fully saturated rings. The zero-order chi connectivity index (χ0) is 32.5. The molecule has 0 spiro atoms. The molecule has 0 saturated heterocycles. The van der Waals surface area contributed by atoms with Crippen molar-refractivity contribution < 1.29 is 33.6 Å². The number of hydrogen-bond acceptors (Lipinski definition) is 8. The van der Waals surface area contributed by atoms with Gasteiger partial charge in [-0.25, -0.2) is 4.99 Å². The van der Waals surface area contributed by atoms with Crippen molar-refractivity contribution in [3.8, 4) is 23.0 Å². The molecular formula is C36H37BrN2O7. The Labute approximate surface area is 277 Å². The van der Waals surface area contributed by atoms with Crippen LogP contribution in [0.4, 0.5) is 0 Å². The second kappa shape index (κ2) is 15.2. The second-order valence-corrected chi connectivity index (χ2v) is 11.6. The quantitative estimate of drug-likeness (QED) is 0.155. The standard InChI is InChI=1S/C36H37BrN2O7/c1-42-30-20-25(21-31(43-2)32(30)44-3)23-38-35(41)36(22-24-8-5-4-6-9-24)33(26-10-14-28(37)15-11-26)46-34(39-36)27-12-16-29(17-13-27)45-19-7-18-40/h4-6,8-17,20-21,33,40H,7,18-19,22-23H2,1-3H3,(H,38,41)/t33-,36-/m1/s1. The summed E-state index contributed by atoms with van der Waals surface area (Å²) in [7, 11) is 4.65. The number of ether oxygens (including phenoxy) is 5. The normalized spacial score (nSPS) is 17.1. The van der Waals surface area contributed by atoms with Gasteiger partial charge in [-0.05, 0) is 65.2 Å². The number of aliphatic hydroxyl groups excluding tert-OH is 1. The zero-order valence-electron chi connectivity index (χ0n) is 26.0. The number of carbonyl (C=O) groups excluding carboxylic acids is 1. The van der Waals surface area contributed by atoms with Crippen LogP contribution in [0.5, 0.6) is 23.0 Å². The third-order valence-electron chi connectivity index (χ3n) is 7.70. The minimum absolute atomic E-state index is 0.0608. The Kier molecular flexibility index (Phi) is 10.8. The van der Waals surface area contributed by atoms with Gasteiger partial charge in [0.05, 0.1) is 27.9 Å². The van der Waals surface area contributed by atoms with Crippen LogP contribution in [0.1, 0.15) is 34.8 Å². The van der Waals surface area contributed by atoms with E-state index in [4.69, 9.17) is 33.8 Å². The third-order valence-corrected chi connectivity index (χ3v) is 8.23. The maximum absolute atomic E-state index is 14.6. The largest absolute Gasteiger partial charge is 0.494 e. The van der Waals surface area contributed by atoms with E-state index in [-0.39, 0.29) is 19.1 Å². The maximum Gasteiger partial charge on any atom is 0.252 e. The van der Waals surface area contributed by atoms with E-state index in [0.29, 0.717) is 53.9 Å². The minimum Gasteiger partial charge on any atom is -0.494 e. The second-order valence-electron chi connectivity index (χ2n) is 10.7. The number of methoxy groups -OCH3 is 3. The van der Waals surface area contributed by atoms with Gasteiger partial charge < -0.3 is 34.1 Å². The van der Waals surface area contributed by atoms with Gasteiger partial charge in [0.1, 0.15) is 5.75 Å². The highest BCUT2D eigenvalue weighted by molar-refractivity contribution is 9.10. The summed E-state index contributed by atoms with van der Waals surface area (Å²) < 4.78 is 29.8. The van der Waals surface area contributed by atoms with Crippen molar-refractivity contribution >= 4 is 27.7 Å². The zero-order valence-corrected chi connectivity index (χ0v) is 27.6. The van der Waals surface area contributed by atoms with Gasteiger partial charge in [-0.1, -0.05) is 58.4 Å². The van der Waals surface area contributed by atoms with Gasteiger partial charge >= 0.3 is 0 Å². The first-order valence-electron chi connectivity index (χ1n) is 14.9. The number of rotatable bonds is 14. The highest BCUT2D eigenvalue weighted by atomic mass is 79.9. The van der Waals surface area contributed by atoms with Crippen LogP contribution in [-0.2, 0) is 22.5 Å². The Balaban J connectivity index is 1.54. The monoisotopic (exact) mass is 688 g/mol. The van der Waals surface area contributed by atoms with Crippen LogP contribution in [0.3, 0.4) is 0 Å². The Morgan fingerprint density at radius 1 is 0.913 bits per heavy atom. The number of aliphatic imine (C=N–C) groups is 1. The van der Waals surface area contributed by atoms with Gasteiger partial charge in [-0.2, -0.15) is 0 Å². The van der Waals surface area contributed by atoms with E-state index >= 15 is 0 Å². The molecule has 5 rings (SSSR count). The molecular weight excluding hydrogens is 652 g/mol. The Hall–Kier alpha value is -4.54. The molecule has 1 heterocycles. The van der Waals surface area contributed by atoms with Crippen molar-refractivity contribution in [1.82, 2.24) is 5.32 Å². The number of hydrogen-bond donors (Lipinski definition) is 2. The number of amides is 1. The van der Waals surface area contributed by atoms with Gasteiger partial charge in [-0.15, -0.1) is 0 Å². The molecule has 4 aromatic rings. The van der Waals surface area contributed by atoms with E-state index < -0.39 is 11.6 Å². The molecule has 1 aliphatic rings. The number of halogens is 1. The van der Waals surface area contributed by atoms with Crippen molar-refractivity contribution in [1.29, 1.82) is 0 Å². The summed E-state index contributed by atoms with van der Waals surface area (Å²) in [6.45, 7) is 0.653. The molecule has 9 nitrogen and oxygen atoms in total. The van der Waals surface area contributed by atoms with Crippen LogP contribution in [0.2, 0.25) is 0 Å². The molecule has 2 N–H and O–H groups in total. The summed E-state index contributed by atoms with van der Waals surface area (Å²) in [4.78, 5) is 19.7. The molecule has 0 aliphatic carbocycles. The summed E-state index contributed by atoms with van der Waals surface area (Å²) in [5, 5.41) is 12.2. The molecule has 4 aromatic carbocycles. The first-order valence-corrected chi connectivity index (χ1v) is 15.7. The van der Waals surface area contributed by atoms with Gasteiger partial charge in [-0.3, -0.25) is 4.79 Å². The van der Waals surface area contributed by atoms with E-state index in [9.17, 15) is 4.79 Å². The van der Waals surface area contributed by atoms with Crippen LogP contribution in [0, 0.1) is 0 Å². The Morgan fingerprint density at radius 3 is 2.20 bits per heavy atom. The molecule has 0 unspecified atom stereocenters. The minimum atomic E-state index is -1.35. The Bertz CT molecular complexity index is 1620. The van der Waals surface area contributed by atoms with Gasteiger partial charge in [0.15, 0.2) is 23.1 Å². The first-order chi connectivity index (χ1) is 22.4. The van der Waals surface area contributed by atoms with Crippen LogP contribution >= 0.6 is 15.9 Å². The van der Waals surface area contributed by atoms with E-state index in [1.807, 2.05) is 91.0 Å². The first kappa shape index (κ1) is 32.8. The van der Waals surface area contributed by atoms with E-state index in [1.165, 1.54) is 0 Å². The lowest BCUT2D eigenvalue weighted by Gasteiger charge is -2.31. The number of benzene rings is 4. The average Bonchev–Trinajstić information content (AvgIpc) is 3.48. The van der Waals surface area contributed by atoms with E-state index in [0.717, 1.165) is 21.2 Å². The number of carbonyl (C=O) groups is 1. The van der Waals surface area contributed by atoms with Crippen molar-refractivity contribution in [2.75, 3.05) is 34.5 Å². The summed E-state index contributed by atoms with van der Waals surface area (Å²) in [6, 6.07) is 28.5. The molecule has 46 heavy (non-hydrogen) atoms. The highest BCUT2D eigenvalue weighted by Crippen LogP contribution is 2.43. The predicted octanol–water partition coefficient (Wildman–Crippen LogP) is 6.05. The number of nitrogens with zero attached hydrogens (tertiary/aromatic N) is 1. The van der Waals surface area contributed by atoms with Crippen LogP contribution < -0.4 is 24.3 Å². The molecule has 240 valence electrons. The predicted molar refractivity (Wildman–Crippen MR) is 179 cm³/mol. The van der Waals surface area contributed by atoms with E-state index in [1.54, 1.807) is 21.3 Å². The van der Waals surface area contributed by atoms with Crippen LogP contribution in [0.15, 0.2) is 100 Å². The number of nitrogens with one attached hydrogen (secondary N) is 1. The molecule has 1 aliphatic heterocycles. The Morgan fingerprint density at radius 2 is 1.59 bits per heavy atom. The van der Waals surface area contributed by atoms with E-state index in [2.05, 4.69) is 21.2 Å². The number of aliphatic hydroxyl groups is 1. The molecule has 0 saturated carbocycles. The lowest BCUT2D eigenvalue weighted by Crippen LogP contribution is -2.49. The smallest absolute Gasteiger partial charge is 0.252 e. The SMILES string of the molecule is COc1cc(CNC(=O)[C@]2(Cc3ccccc3)N=C(c3ccc(OCCCO)cc3)O[C@@H]2c2ccc(Br)cc2)cc(OC)c1OC. The molecule has 0 bridgehead atoms. The fraction of sp³-hybridized carbons (Fsp3) is 0.278. The summed E-state index contributed by atoms with van der Waals surface area (Å²) in [5.41, 5.74) is 1.88. The molecule has 0 radical (unpaired) electrons. The van der Waals surface area contributed by atoms with Crippen LogP contribution in [0.25, 0.3) is 0 Å². The van der Waals surface area contributed by atoms with Crippen LogP contribution in [-0.4, -0.2) is 57.0 Å². The topological polar surface area (TPSA) is 108 Å². The van der Waals surface area contributed by atoms with Crippen molar-refractivity contribution in [2.24, 2.45) is 4.99 Å². The van der Waals surface area contributed by atoms with Gasteiger partial charge in [0, 0.05) is 36.0 Å². The average molecular weight is 690 g/mol. The van der Waals surface area contributed by atoms with Crippen molar-refractivity contribution in [2.45, 2.75) is 31.0 Å². The third kappa shape index (κ3) is 7.29. The fourth-order valence-corrected chi connectivity index (χ4v) is 5.66.